The van der Waals surface area contributed by atoms with Crippen molar-refractivity contribution in [3.63, 3.8) is 0 Å². The quantitative estimate of drug-likeness (QED) is 0.343. The smallest absolute Gasteiger partial charge is 0.303 e. The Hall–Kier alpha value is -2.22. The highest BCUT2D eigenvalue weighted by Crippen LogP contribution is 2.58. The molecule has 0 aromatic carbocycles. The fraction of sp³-hybridized carbons (Fsp3) is 0.769. The molecule has 1 aliphatic carbocycles. The molecule has 0 aromatic heterocycles. The highest BCUT2D eigenvalue weighted by molar-refractivity contribution is 5.94. The summed E-state index contributed by atoms with van der Waals surface area (Å²) in [6.07, 6.45) is -0.483. The van der Waals surface area contributed by atoms with E-state index in [1.165, 1.54) is 20.8 Å². The van der Waals surface area contributed by atoms with Gasteiger partial charge in [0.1, 0.15) is 17.8 Å². The van der Waals surface area contributed by atoms with Crippen molar-refractivity contribution in [1.29, 1.82) is 0 Å². The van der Waals surface area contributed by atoms with Crippen LogP contribution in [-0.4, -0.2) is 53.2 Å². The molecule has 3 rings (SSSR count). The third kappa shape index (κ3) is 4.79. The first kappa shape index (κ1) is 26.4. The second-order valence-electron chi connectivity index (χ2n) is 10.9. The van der Waals surface area contributed by atoms with E-state index in [2.05, 4.69) is 20.4 Å². The lowest BCUT2D eigenvalue weighted by molar-refractivity contribution is -0.215. The van der Waals surface area contributed by atoms with Crippen LogP contribution in [-0.2, 0) is 38.1 Å². The zero-order valence-electron chi connectivity index (χ0n) is 21.3. The van der Waals surface area contributed by atoms with Crippen LogP contribution in [0.3, 0.4) is 0 Å². The maximum atomic E-state index is 12.8. The Morgan fingerprint density at radius 1 is 1.06 bits per heavy atom. The van der Waals surface area contributed by atoms with Crippen molar-refractivity contribution in [2.45, 2.75) is 104 Å². The Morgan fingerprint density at radius 3 is 2.21 bits per heavy atom. The van der Waals surface area contributed by atoms with Crippen molar-refractivity contribution in [3.8, 4) is 0 Å². The first-order chi connectivity index (χ1) is 15.7. The minimum Gasteiger partial charge on any atom is -0.458 e. The normalized spacial score (nSPS) is 40.0. The highest BCUT2D eigenvalue weighted by Gasteiger charge is 2.67. The second kappa shape index (κ2) is 9.44. The predicted molar refractivity (Wildman–Crippen MR) is 122 cm³/mol. The molecule has 1 saturated carbocycles. The number of rotatable bonds is 4. The zero-order chi connectivity index (χ0) is 25.6. The third-order valence-electron chi connectivity index (χ3n) is 7.97. The van der Waals surface area contributed by atoms with Crippen LogP contribution < -0.4 is 0 Å². The Bertz CT molecular complexity index is 878. The maximum Gasteiger partial charge on any atom is 0.303 e. The van der Waals surface area contributed by atoms with E-state index in [0.717, 1.165) is 0 Å². The van der Waals surface area contributed by atoms with Crippen molar-refractivity contribution >= 4 is 23.7 Å². The van der Waals surface area contributed by atoms with Gasteiger partial charge >= 0.3 is 17.9 Å². The first-order valence-electron chi connectivity index (χ1n) is 12.1. The van der Waals surface area contributed by atoms with Gasteiger partial charge in [-0.15, -0.1) is 0 Å². The van der Waals surface area contributed by atoms with E-state index < -0.39 is 53.3 Å². The summed E-state index contributed by atoms with van der Waals surface area (Å²) in [5.41, 5.74) is -1.81. The number of hydrogen-bond donors (Lipinski definition) is 0. The lowest BCUT2D eigenvalue weighted by Gasteiger charge is -2.53. The van der Waals surface area contributed by atoms with Crippen molar-refractivity contribution in [2.75, 3.05) is 0 Å². The molecular weight excluding hydrogens is 440 g/mol. The molecule has 0 amide bonds. The van der Waals surface area contributed by atoms with E-state index in [-0.39, 0.29) is 36.4 Å². The molecule has 0 unspecified atom stereocenters. The fourth-order valence-electron chi connectivity index (χ4n) is 6.62. The summed E-state index contributed by atoms with van der Waals surface area (Å²) in [7, 11) is 0. The van der Waals surface area contributed by atoms with Gasteiger partial charge in [0.2, 0.25) is 0 Å². The SMILES string of the molecule is C=C1C[C@H]2O[C@H]([C@H]3[C@@H]2[C@](C)(OC(C)=O)[C@@H](OC(C)=O)C[C@@H]3C(C)C)[C@](C)(OC(C)=O)CCC1=O. The molecule has 2 bridgehead atoms. The number of carbonyl (C=O) groups excluding carboxylic acids is 4. The topological polar surface area (TPSA) is 105 Å². The number of carbonyl (C=O) groups is 4. The molecule has 3 fully saturated rings. The Labute approximate surface area is 201 Å². The van der Waals surface area contributed by atoms with Gasteiger partial charge in [0.15, 0.2) is 11.4 Å². The summed E-state index contributed by atoms with van der Waals surface area (Å²) in [5, 5.41) is 0. The number of Topliss-reactive ketones (excluding diaryl/α,β-unsaturated/α-hetero) is 1. The lowest BCUT2D eigenvalue weighted by Crippen LogP contribution is -2.63. The largest absolute Gasteiger partial charge is 0.458 e. The van der Waals surface area contributed by atoms with Crippen LogP contribution >= 0.6 is 0 Å². The minimum absolute atomic E-state index is 0.0336. The monoisotopic (exact) mass is 478 g/mol. The summed E-state index contributed by atoms with van der Waals surface area (Å²) >= 11 is 0. The predicted octanol–water partition coefficient (Wildman–Crippen LogP) is 3.55. The van der Waals surface area contributed by atoms with Crippen LogP contribution in [0.2, 0.25) is 0 Å². The highest BCUT2D eigenvalue weighted by atomic mass is 16.6. The van der Waals surface area contributed by atoms with Gasteiger partial charge < -0.3 is 18.9 Å². The maximum absolute atomic E-state index is 12.8. The zero-order valence-corrected chi connectivity index (χ0v) is 21.3. The molecule has 2 aliphatic heterocycles. The van der Waals surface area contributed by atoms with Crippen molar-refractivity contribution < 1.29 is 38.1 Å². The van der Waals surface area contributed by atoms with E-state index in [1.54, 1.807) is 6.92 Å². The molecule has 8 heteroatoms. The van der Waals surface area contributed by atoms with Gasteiger partial charge in [-0.1, -0.05) is 20.4 Å². The number of ketones is 1. The lowest BCUT2D eigenvalue weighted by atomic mass is 9.56. The average Bonchev–Trinajstić information content (AvgIpc) is 3.08. The van der Waals surface area contributed by atoms with Gasteiger partial charge in [0, 0.05) is 45.4 Å². The van der Waals surface area contributed by atoms with Crippen molar-refractivity contribution in [1.82, 2.24) is 0 Å². The van der Waals surface area contributed by atoms with Crippen LogP contribution in [0.1, 0.15) is 74.1 Å². The molecule has 0 N–H and O–H groups in total. The second-order valence-corrected chi connectivity index (χ2v) is 10.9. The number of ether oxygens (including phenoxy) is 4. The Kier molecular flexibility index (Phi) is 7.32. The number of esters is 3. The molecule has 190 valence electrons. The van der Waals surface area contributed by atoms with E-state index in [9.17, 15) is 19.2 Å². The Morgan fingerprint density at radius 2 is 1.68 bits per heavy atom. The summed E-state index contributed by atoms with van der Waals surface area (Å²) < 4.78 is 24.2. The standard InChI is InChI=1S/C26H38O8/c1-13(2)18-12-21(31-15(4)27)26(8,34-17(6)29)23-20-11-14(3)19(30)9-10-25(7,33-16(5)28)24(32-20)22(18)23/h13,18,20-24H,3,9-12H2,1-2,4-8H3/t18-,20-,21+,22-,23-,24-,25-,26-/m1/s1. The molecule has 2 heterocycles. The van der Waals surface area contributed by atoms with Gasteiger partial charge in [-0.2, -0.15) is 0 Å². The van der Waals surface area contributed by atoms with E-state index in [0.29, 0.717) is 18.4 Å². The van der Waals surface area contributed by atoms with Crippen LogP contribution in [0.25, 0.3) is 0 Å². The van der Waals surface area contributed by atoms with Gasteiger partial charge in [-0.05, 0) is 44.1 Å². The van der Waals surface area contributed by atoms with Crippen LogP contribution in [0.15, 0.2) is 12.2 Å². The van der Waals surface area contributed by atoms with E-state index in [4.69, 9.17) is 18.9 Å². The van der Waals surface area contributed by atoms with Gasteiger partial charge in [-0.25, -0.2) is 0 Å². The summed E-state index contributed by atoms with van der Waals surface area (Å²) in [5.74, 6) is -1.84. The molecule has 34 heavy (non-hydrogen) atoms. The van der Waals surface area contributed by atoms with Crippen molar-refractivity contribution in [2.24, 2.45) is 23.7 Å². The molecule has 0 spiro atoms. The van der Waals surface area contributed by atoms with Gasteiger partial charge in [0.05, 0.1) is 6.10 Å². The molecule has 2 saturated heterocycles. The minimum atomic E-state index is -1.19. The fourth-order valence-corrected chi connectivity index (χ4v) is 6.62. The molecule has 8 nitrogen and oxygen atoms in total. The average molecular weight is 479 g/mol. The molecule has 3 aliphatic rings. The van der Waals surface area contributed by atoms with Crippen LogP contribution in [0, 0.1) is 23.7 Å². The van der Waals surface area contributed by atoms with E-state index >= 15 is 0 Å². The van der Waals surface area contributed by atoms with Gasteiger partial charge in [-0.3, -0.25) is 19.2 Å². The summed E-state index contributed by atoms with van der Waals surface area (Å²) in [6, 6.07) is 0. The molecule has 0 aromatic rings. The summed E-state index contributed by atoms with van der Waals surface area (Å²) in [4.78, 5) is 49.3. The number of hydrogen-bond acceptors (Lipinski definition) is 8. The van der Waals surface area contributed by atoms with Crippen LogP contribution in [0.4, 0.5) is 0 Å². The Balaban J connectivity index is 2.21. The first-order valence-corrected chi connectivity index (χ1v) is 12.1. The summed E-state index contributed by atoms with van der Waals surface area (Å²) in [6.45, 7) is 15.8. The third-order valence-corrected chi connectivity index (χ3v) is 7.97. The van der Waals surface area contributed by atoms with Crippen LogP contribution in [0.5, 0.6) is 0 Å². The van der Waals surface area contributed by atoms with Gasteiger partial charge in [0.25, 0.3) is 0 Å². The number of fused-ring (bicyclic) bond motifs is 5. The molecule has 0 radical (unpaired) electrons. The van der Waals surface area contributed by atoms with E-state index in [1.807, 2.05) is 6.92 Å². The van der Waals surface area contributed by atoms with Crippen molar-refractivity contribution in [3.05, 3.63) is 12.2 Å². The molecular formula is C26H38O8. The molecule has 8 atom stereocenters.